The smallest absolute Gasteiger partial charge is 0.415 e. The van der Waals surface area contributed by atoms with Crippen molar-refractivity contribution in [2.24, 2.45) is 0 Å². The summed E-state index contributed by atoms with van der Waals surface area (Å²) in [7, 11) is 0. The van der Waals surface area contributed by atoms with E-state index < -0.39 is 0 Å². The summed E-state index contributed by atoms with van der Waals surface area (Å²) < 4.78 is 19.1. The van der Waals surface area contributed by atoms with E-state index in [1.165, 1.54) is 23.3 Å². The van der Waals surface area contributed by atoms with Crippen molar-refractivity contribution in [2.45, 2.75) is 31.9 Å². The molecular formula is C28H27FN2O4. The Morgan fingerprint density at radius 1 is 0.971 bits per heavy atom. The van der Waals surface area contributed by atoms with Gasteiger partial charge in [-0.05, 0) is 53.4 Å². The average molecular weight is 475 g/mol. The molecule has 0 N–H and O–H groups in total. The van der Waals surface area contributed by atoms with Gasteiger partial charge in [-0.15, -0.1) is 0 Å². The fourth-order valence-electron chi connectivity index (χ4n) is 4.84. The third-order valence-corrected chi connectivity index (χ3v) is 6.66. The van der Waals surface area contributed by atoms with Crippen molar-refractivity contribution in [1.82, 2.24) is 4.90 Å². The van der Waals surface area contributed by atoms with Crippen LogP contribution in [0.5, 0.6) is 0 Å². The van der Waals surface area contributed by atoms with Gasteiger partial charge in [-0.1, -0.05) is 48.5 Å². The number of para-hydroxylation sites is 1. The SMILES string of the molecule is Cc1cc(CN2CCC3(CC2)CN(c2ccccc2)C(=O)O3)ccc1-c1ccc(F)cc1.O=C=O. The van der Waals surface area contributed by atoms with Gasteiger partial charge in [0.25, 0.3) is 0 Å². The molecule has 2 aliphatic rings. The molecule has 7 heteroatoms. The molecule has 3 aromatic rings. The first kappa shape index (κ1) is 24.3. The van der Waals surface area contributed by atoms with E-state index in [1.54, 1.807) is 4.90 Å². The van der Waals surface area contributed by atoms with Crippen LogP contribution in [0.3, 0.4) is 0 Å². The van der Waals surface area contributed by atoms with E-state index in [4.69, 9.17) is 14.3 Å². The van der Waals surface area contributed by atoms with E-state index >= 15 is 0 Å². The van der Waals surface area contributed by atoms with Gasteiger partial charge in [-0.2, -0.15) is 9.59 Å². The zero-order chi connectivity index (χ0) is 24.8. The lowest BCUT2D eigenvalue weighted by atomic mass is 9.90. The van der Waals surface area contributed by atoms with Gasteiger partial charge in [0.2, 0.25) is 0 Å². The molecule has 3 aromatic carbocycles. The summed E-state index contributed by atoms with van der Waals surface area (Å²) in [6.07, 6.45) is 1.69. The topological polar surface area (TPSA) is 66.9 Å². The van der Waals surface area contributed by atoms with Crippen LogP contribution in [-0.4, -0.2) is 42.4 Å². The highest BCUT2D eigenvalue weighted by molar-refractivity contribution is 5.90. The monoisotopic (exact) mass is 474 g/mol. The number of hydrogen-bond donors (Lipinski definition) is 0. The van der Waals surface area contributed by atoms with Gasteiger partial charge in [-0.25, -0.2) is 9.18 Å². The second-order valence-corrected chi connectivity index (χ2v) is 8.99. The van der Waals surface area contributed by atoms with Gasteiger partial charge in [0.05, 0.1) is 6.54 Å². The Labute approximate surface area is 203 Å². The van der Waals surface area contributed by atoms with Crippen molar-refractivity contribution >= 4 is 17.9 Å². The van der Waals surface area contributed by atoms with Crippen LogP contribution in [0.1, 0.15) is 24.0 Å². The quantitative estimate of drug-likeness (QED) is 0.519. The minimum atomic E-state index is -0.383. The number of benzene rings is 3. The first-order chi connectivity index (χ1) is 16.9. The van der Waals surface area contributed by atoms with Gasteiger partial charge < -0.3 is 4.74 Å². The van der Waals surface area contributed by atoms with Crippen molar-refractivity contribution in [3.05, 3.63) is 89.7 Å². The van der Waals surface area contributed by atoms with Gasteiger partial charge in [0, 0.05) is 38.2 Å². The molecule has 180 valence electrons. The molecule has 0 bridgehead atoms. The van der Waals surface area contributed by atoms with Gasteiger partial charge >= 0.3 is 12.2 Å². The number of aryl methyl sites for hydroxylation is 1. The molecule has 2 heterocycles. The highest BCUT2D eigenvalue weighted by Crippen LogP contribution is 2.36. The molecule has 0 aromatic heterocycles. The first-order valence-corrected chi connectivity index (χ1v) is 11.6. The number of anilines is 1. The summed E-state index contributed by atoms with van der Waals surface area (Å²) >= 11 is 0. The standard InChI is InChI=1S/C27H27FN2O2.CO2/c1-20-17-21(7-12-25(20)22-8-10-23(28)11-9-22)18-29-15-13-27(14-16-29)19-30(26(31)32-27)24-5-3-2-4-6-24;2-1-3/h2-12,17H,13-16,18-19H2,1H3;. The van der Waals surface area contributed by atoms with Gasteiger partial charge in [-0.3, -0.25) is 9.80 Å². The van der Waals surface area contributed by atoms with Crippen molar-refractivity contribution < 1.29 is 23.5 Å². The number of halogens is 1. The number of likely N-dealkylation sites (tertiary alicyclic amines) is 1. The normalized spacial score (nSPS) is 16.9. The third kappa shape index (κ3) is 5.65. The molecule has 2 aliphatic heterocycles. The highest BCUT2D eigenvalue weighted by atomic mass is 19.1. The Balaban J connectivity index is 0.000000917. The summed E-state index contributed by atoms with van der Waals surface area (Å²) in [6.45, 7) is 5.39. The molecule has 0 saturated carbocycles. The van der Waals surface area contributed by atoms with E-state index in [0.717, 1.165) is 49.3 Å². The summed E-state index contributed by atoms with van der Waals surface area (Å²) in [5.41, 5.74) is 5.12. The Morgan fingerprint density at radius 2 is 1.63 bits per heavy atom. The lowest BCUT2D eigenvalue weighted by molar-refractivity contribution is -0.191. The Morgan fingerprint density at radius 3 is 2.26 bits per heavy atom. The Hall–Kier alpha value is -3.80. The van der Waals surface area contributed by atoms with Crippen molar-refractivity contribution in [3.8, 4) is 11.1 Å². The van der Waals surface area contributed by atoms with E-state index in [1.807, 2.05) is 42.5 Å². The lowest BCUT2D eigenvalue weighted by Gasteiger charge is -2.37. The summed E-state index contributed by atoms with van der Waals surface area (Å²) in [4.78, 5) is 32.9. The van der Waals surface area contributed by atoms with Crippen molar-refractivity contribution in [1.29, 1.82) is 0 Å². The summed E-state index contributed by atoms with van der Waals surface area (Å²) in [6, 6.07) is 22.9. The predicted molar refractivity (Wildman–Crippen MR) is 129 cm³/mol. The molecule has 0 aliphatic carbocycles. The second kappa shape index (κ2) is 10.6. The molecule has 1 spiro atoms. The van der Waals surface area contributed by atoms with Crippen LogP contribution in [0.25, 0.3) is 11.1 Å². The predicted octanol–water partition coefficient (Wildman–Crippen LogP) is 5.21. The number of carbonyl (C=O) groups is 1. The van der Waals surface area contributed by atoms with Crippen LogP contribution in [-0.2, 0) is 20.9 Å². The number of amides is 1. The summed E-state index contributed by atoms with van der Waals surface area (Å²) in [5, 5.41) is 0. The zero-order valence-electron chi connectivity index (χ0n) is 19.6. The Bertz CT molecular complexity index is 1200. The van der Waals surface area contributed by atoms with Crippen LogP contribution in [0, 0.1) is 12.7 Å². The third-order valence-electron chi connectivity index (χ3n) is 6.66. The fourth-order valence-corrected chi connectivity index (χ4v) is 4.84. The van der Waals surface area contributed by atoms with Crippen LogP contribution in [0.4, 0.5) is 14.9 Å². The fraction of sp³-hybridized carbons (Fsp3) is 0.286. The molecule has 0 atom stereocenters. The second-order valence-electron chi connectivity index (χ2n) is 8.99. The largest absolute Gasteiger partial charge is 0.441 e. The minimum Gasteiger partial charge on any atom is -0.441 e. The molecule has 0 radical (unpaired) electrons. The average Bonchev–Trinajstić information content (AvgIpc) is 3.18. The number of hydrogen-bond acceptors (Lipinski definition) is 5. The van der Waals surface area contributed by atoms with Crippen LogP contribution < -0.4 is 4.90 Å². The maximum absolute atomic E-state index is 13.2. The maximum atomic E-state index is 13.2. The number of ether oxygens (including phenoxy) is 1. The molecule has 1 amide bonds. The van der Waals surface area contributed by atoms with Crippen molar-refractivity contribution in [2.75, 3.05) is 24.5 Å². The van der Waals surface area contributed by atoms with E-state index in [2.05, 4.69) is 30.0 Å². The van der Waals surface area contributed by atoms with Crippen molar-refractivity contribution in [3.63, 3.8) is 0 Å². The molecule has 35 heavy (non-hydrogen) atoms. The molecule has 0 unspecified atom stereocenters. The first-order valence-electron chi connectivity index (χ1n) is 11.6. The van der Waals surface area contributed by atoms with Crippen LogP contribution in [0.2, 0.25) is 0 Å². The summed E-state index contributed by atoms with van der Waals surface area (Å²) in [5.74, 6) is -0.217. The van der Waals surface area contributed by atoms with Crippen LogP contribution >= 0.6 is 0 Å². The number of rotatable bonds is 4. The van der Waals surface area contributed by atoms with Crippen LogP contribution in [0.15, 0.2) is 72.8 Å². The highest BCUT2D eigenvalue weighted by Gasteiger charge is 2.47. The number of piperidine rings is 1. The lowest BCUT2D eigenvalue weighted by Crippen LogP contribution is -2.46. The molecule has 5 rings (SSSR count). The molecule has 2 saturated heterocycles. The zero-order valence-corrected chi connectivity index (χ0v) is 19.6. The minimum absolute atomic E-state index is 0.217. The number of nitrogens with zero attached hydrogens (tertiary/aromatic N) is 2. The van der Waals surface area contributed by atoms with Gasteiger partial charge in [0.15, 0.2) is 0 Å². The maximum Gasteiger partial charge on any atom is 0.415 e. The molecular weight excluding hydrogens is 447 g/mol. The van der Waals surface area contributed by atoms with Gasteiger partial charge in [0.1, 0.15) is 11.4 Å². The van der Waals surface area contributed by atoms with E-state index in [-0.39, 0.29) is 23.7 Å². The van der Waals surface area contributed by atoms with E-state index in [0.29, 0.717) is 6.54 Å². The molecule has 6 nitrogen and oxygen atoms in total. The van der Waals surface area contributed by atoms with E-state index in [9.17, 15) is 9.18 Å². The Kier molecular flexibility index (Phi) is 7.39. The number of carbonyl (C=O) groups excluding carboxylic acids is 3. The molecule has 2 fully saturated rings.